The molecule has 0 bridgehead atoms. The van der Waals surface area contributed by atoms with E-state index >= 15 is 0 Å². The van der Waals surface area contributed by atoms with E-state index in [9.17, 15) is 9.59 Å². The Morgan fingerprint density at radius 2 is 1.62 bits per heavy atom. The summed E-state index contributed by atoms with van der Waals surface area (Å²) in [5, 5.41) is 2.16. The largest absolute Gasteiger partial charge is 0.497 e. The first-order chi connectivity index (χ1) is 11.7. The predicted octanol–water partition coefficient (Wildman–Crippen LogP) is 2.00. The zero-order valence-electron chi connectivity index (χ0n) is 14.4. The van der Waals surface area contributed by atoms with E-state index in [0.29, 0.717) is 18.2 Å². The molecule has 3 rings (SSSR count). The summed E-state index contributed by atoms with van der Waals surface area (Å²) in [6, 6.07) is 7.32. The Balaban J connectivity index is 1.66. The number of quaternary nitrogens is 1. The summed E-state index contributed by atoms with van der Waals surface area (Å²) in [6.07, 6.45) is 9.00. The summed E-state index contributed by atoms with van der Waals surface area (Å²) < 4.78 is 5.13. The number of hydrogen-bond donors (Lipinski definition) is 1. The lowest BCUT2D eigenvalue weighted by atomic mass is 9.96. The average molecular weight is 331 g/mol. The van der Waals surface area contributed by atoms with Crippen LogP contribution in [0.3, 0.4) is 0 Å². The van der Waals surface area contributed by atoms with Crippen molar-refractivity contribution < 1.29 is 19.6 Å². The van der Waals surface area contributed by atoms with Gasteiger partial charge in [-0.25, -0.2) is 4.90 Å². The van der Waals surface area contributed by atoms with E-state index in [1.807, 2.05) is 0 Å². The van der Waals surface area contributed by atoms with Crippen LogP contribution in [-0.2, 0) is 9.59 Å². The van der Waals surface area contributed by atoms with E-state index in [0.717, 1.165) is 18.6 Å². The number of carbonyl (C=O) groups is 2. The van der Waals surface area contributed by atoms with Crippen molar-refractivity contribution >= 4 is 17.5 Å². The Kier molecular flexibility index (Phi) is 5.51. The third kappa shape index (κ3) is 3.78. The number of ether oxygens (including phenoxy) is 1. The molecule has 2 aliphatic rings. The number of nitrogens with zero attached hydrogens (tertiary/aromatic N) is 1. The van der Waals surface area contributed by atoms with Crippen molar-refractivity contribution in [3.05, 3.63) is 24.3 Å². The number of rotatable bonds is 4. The second kappa shape index (κ2) is 7.79. The number of anilines is 1. The molecule has 1 aromatic rings. The topological polar surface area (TPSA) is 63.2 Å². The van der Waals surface area contributed by atoms with Gasteiger partial charge in [0.25, 0.3) is 5.91 Å². The van der Waals surface area contributed by atoms with Crippen LogP contribution in [0, 0.1) is 0 Å². The van der Waals surface area contributed by atoms with Gasteiger partial charge in [0, 0.05) is 0 Å². The first kappa shape index (κ1) is 17.0. The van der Waals surface area contributed by atoms with Crippen LogP contribution in [0.15, 0.2) is 24.3 Å². The minimum absolute atomic E-state index is 0.0766. The van der Waals surface area contributed by atoms with E-state index in [4.69, 9.17) is 4.74 Å². The van der Waals surface area contributed by atoms with Crippen LogP contribution in [0.25, 0.3) is 0 Å². The second-order valence-corrected chi connectivity index (χ2v) is 6.87. The van der Waals surface area contributed by atoms with Gasteiger partial charge in [0.15, 0.2) is 6.04 Å². The van der Waals surface area contributed by atoms with E-state index < -0.39 is 0 Å². The van der Waals surface area contributed by atoms with Crippen molar-refractivity contribution in [2.24, 2.45) is 0 Å². The van der Waals surface area contributed by atoms with Gasteiger partial charge in [-0.2, -0.15) is 0 Å². The number of benzene rings is 1. The van der Waals surface area contributed by atoms with Gasteiger partial charge in [-0.15, -0.1) is 0 Å². The maximum Gasteiger partial charge on any atom is 0.292 e. The van der Waals surface area contributed by atoms with Gasteiger partial charge in [0.05, 0.1) is 25.3 Å². The SMILES string of the molecule is COc1ccc(N2C(=O)C[C@@H]([NH2+]C3CCCCCCC3)C2=O)cc1. The van der Waals surface area contributed by atoms with Gasteiger partial charge in [0.2, 0.25) is 5.91 Å². The zero-order valence-corrected chi connectivity index (χ0v) is 14.4. The lowest BCUT2D eigenvalue weighted by Gasteiger charge is -2.21. The number of amides is 2. The summed E-state index contributed by atoms with van der Waals surface area (Å²) in [5.74, 6) is 0.542. The number of methoxy groups -OCH3 is 1. The van der Waals surface area contributed by atoms with Crippen molar-refractivity contribution in [3.63, 3.8) is 0 Å². The number of hydrogen-bond acceptors (Lipinski definition) is 3. The molecule has 2 fully saturated rings. The summed E-state index contributed by atoms with van der Waals surface area (Å²) >= 11 is 0. The minimum Gasteiger partial charge on any atom is -0.497 e. The molecule has 1 heterocycles. The molecule has 0 radical (unpaired) electrons. The molecule has 2 amide bonds. The van der Waals surface area contributed by atoms with Crippen LogP contribution in [0.4, 0.5) is 5.69 Å². The van der Waals surface area contributed by atoms with Gasteiger partial charge in [-0.05, 0) is 49.9 Å². The molecule has 1 aromatic carbocycles. The number of nitrogens with two attached hydrogens (primary N) is 1. The molecule has 24 heavy (non-hydrogen) atoms. The molecule has 5 nitrogen and oxygen atoms in total. The van der Waals surface area contributed by atoms with Gasteiger partial charge in [0.1, 0.15) is 5.75 Å². The van der Waals surface area contributed by atoms with Crippen LogP contribution >= 0.6 is 0 Å². The fourth-order valence-corrected chi connectivity index (χ4v) is 3.82. The van der Waals surface area contributed by atoms with Crippen LogP contribution in [0.5, 0.6) is 5.75 Å². The van der Waals surface area contributed by atoms with Crippen LogP contribution in [0.1, 0.15) is 51.4 Å². The Labute approximate surface area is 143 Å². The lowest BCUT2D eigenvalue weighted by molar-refractivity contribution is -0.709. The summed E-state index contributed by atoms with van der Waals surface area (Å²) in [4.78, 5) is 26.4. The van der Waals surface area contributed by atoms with Crippen LogP contribution in [-0.4, -0.2) is 31.0 Å². The second-order valence-electron chi connectivity index (χ2n) is 6.87. The number of carbonyl (C=O) groups excluding carboxylic acids is 2. The van der Waals surface area contributed by atoms with Gasteiger partial charge in [-0.1, -0.05) is 19.3 Å². The van der Waals surface area contributed by atoms with Crippen molar-refractivity contribution in [1.82, 2.24) is 0 Å². The van der Waals surface area contributed by atoms with Crippen molar-refractivity contribution in [2.45, 2.75) is 63.5 Å². The van der Waals surface area contributed by atoms with Crippen molar-refractivity contribution in [1.29, 1.82) is 0 Å². The Morgan fingerprint density at radius 3 is 2.25 bits per heavy atom. The van der Waals surface area contributed by atoms with Crippen LogP contribution in [0.2, 0.25) is 0 Å². The molecular formula is C19H27N2O3+. The van der Waals surface area contributed by atoms with E-state index in [2.05, 4.69) is 5.32 Å². The van der Waals surface area contributed by atoms with Crippen molar-refractivity contribution in [2.75, 3.05) is 12.0 Å². The molecule has 1 saturated heterocycles. The maximum atomic E-state index is 12.7. The highest BCUT2D eigenvalue weighted by Gasteiger charge is 2.43. The molecule has 1 saturated carbocycles. The highest BCUT2D eigenvalue weighted by atomic mass is 16.5. The third-order valence-corrected chi connectivity index (χ3v) is 5.17. The lowest BCUT2D eigenvalue weighted by Crippen LogP contribution is -2.96. The molecule has 1 aliphatic heterocycles. The summed E-state index contributed by atoms with van der Waals surface area (Å²) in [6.45, 7) is 0. The van der Waals surface area contributed by atoms with Gasteiger partial charge in [-0.3, -0.25) is 9.59 Å². The third-order valence-electron chi connectivity index (χ3n) is 5.17. The molecule has 5 heteroatoms. The van der Waals surface area contributed by atoms with Gasteiger partial charge >= 0.3 is 0 Å². The molecule has 130 valence electrons. The smallest absolute Gasteiger partial charge is 0.292 e. The fourth-order valence-electron chi connectivity index (χ4n) is 3.82. The monoisotopic (exact) mass is 331 g/mol. The molecular weight excluding hydrogens is 304 g/mol. The first-order valence-corrected chi connectivity index (χ1v) is 9.05. The Bertz CT molecular complexity index is 577. The zero-order chi connectivity index (χ0) is 16.9. The predicted molar refractivity (Wildman–Crippen MR) is 91.9 cm³/mol. The fraction of sp³-hybridized carbons (Fsp3) is 0.579. The van der Waals surface area contributed by atoms with Crippen LogP contribution < -0.4 is 15.0 Å². The van der Waals surface area contributed by atoms with Crippen molar-refractivity contribution in [3.8, 4) is 5.75 Å². The summed E-state index contributed by atoms with van der Waals surface area (Å²) in [5.41, 5.74) is 0.638. The molecule has 0 unspecified atom stereocenters. The first-order valence-electron chi connectivity index (χ1n) is 9.05. The standard InChI is InChI=1S/C19H26N2O3/c1-24-16-11-9-15(10-12-16)21-18(22)13-17(19(21)23)20-14-7-5-3-2-4-6-8-14/h9-12,14,17,20H,2-8,13H2,1H3/p+1/t17-/m1/s1. The molecule has 1 atom stereocenters. The van der Waals surface area contributed by atoms with Gasteiger partial charge < -0.3 is 10.1 Å². The van der Waals surface area contributed by atoms with E-state index in [1.165, 1.54) is 37.0 Å². The van der Waals surface area contributed by atoms with E-state index in [-0.39, 0.29) is 17.9 Å². The highest BCUT2D eigenvalue weighted by Crippen LogP contribution is 2.24. The highest BCUT2D eigenvalue weighted by molar-refractivity contribution is 6.21. The molecule has 2 N–H and O–H groups in total. The summed E-state index contributed by atoms with van der Waals surface area (Å²) in [7, 11) is 1.60. The number of imide groups is 1. The molecule has 0 aromatic heterocycles. The van der Waals surface area contributed by atoms with E-state index in [1.54, 1.807) is 31.4 Å². The normalized spacial score (nSPS) is 23.2. The maximum absolute atomic E-state index is 12.7. The Hall–Kier alpha value is -1.88. The quantitative estimate of drug-likeness (QED) is 0.859. The molecule has 1 aliphatic carbocycles. The minimum atomic E-state index is -0.260. The Morgan fingerprint density at radius 1 is 1.00 bits per heavy atom. The average Bonchev–Trinajstić information content (AvgIpc) is 2.84. The molecule has 0 spiro atoms.